The number of ether oxygens (including phenoxy) is 2. The number of carbonyl (C=O) groups excluding carboxylic acids is 4. The SMILES string of the molecule is O=C1c2ccc3c4c(c(NCCN5CCCC5)cc(c24)C(=O)N1CCCN1CCOCC1)C(=O)N(CCCN1CCOCC1)C3=O. The maximum atomic E-state index is 14.2. The summed E-state index contributed by atoms with van der Waals surface area (Å²) in [6.07, 6.45) is 3.67. The molecule has 12 nitrogen and oxygen atoms in total. The number of morpholine rings is 2. The van der Waals surface area contributed by atoms with Gasteiger partial charge in [-0.2, -0.15) is 0 Å². The van der Waals surface area contributed by atoms with E-state index >= 15 is 0 Å². The van der Waals surface area contributed by atoms with Crippen molar-refractivity contribution < 1.29 is 28.7 Å². The maximum Gasteiger partial charge on any atom is 0.263 e. The lowest BCUT2D eigenvalue weighted by molar-refractivity contribution is 0.0351. The van der Waals surface area contributed by atoms with E-state index in [4.69, 9.17) is 9.47 Å². The molecule has 0 radical (unpaired) electrons. The van der Waals surface area contributed by atoms with E-state index in [1.807, 2.05) is 0 Å². The zero-order chi connectivity index (χ0) is 31.6. The zero-order valence-electron chi connectivity index (χ0n) is 26.6. The minimum atomic E-state index is -0.376. The third-order valence-electron chi connectivity index (χ3n) is 10.0. The number of rotatable bonds is 12. The fourth-order valence-electron chi connectivity index (χ4n) is 7.52. The Balaban J connectivity index is 1.19. The molecule has 0 atom stereocenters. The number of imide groups is 2. The molecule has 0 aromatic heterocycles. The molecule has 7 rings (SSSR count). The Morgan fingerprint density at radius 3 is 1.65 bits per heavy atom. The van der Waals surface area contributed by atoms with Gasteiger partial charge in [-0.3, -0.25) is 38.8 Å². The molecule has 5 heterocycles. The molecule has 0 aliphatic carbocycles. The van der Waals surface area contributed by atoms with Crippen LogP contribution in [-0.2, 0) is 9.47 Å². The number of benzene rings is 2. The molecule has 3 fully saturated rings. The molecular weight excluding hydrogens is 588 g/mol. The highest BCUT2D eigenvalue weighted by atomic mass is 16.5. The molecule has 0 unspecified atom stereocenters. The van der Waals surface area contributed by atoms with Crippen LogP contribution >= 0.6 is 0 Å². The molecule has 0 bridgehead atoms. The average Bonchev–Trinajstić information content (AvgIpc) is 3.60. The van der Waals surface area contributed by atoms with Crippen LogP contribution in [0.2, 0.25) is 0 Å². The predicted molar refractivity (Wildman–Crippen MR) is 173 cm³/mol. The van der Waals surface area contributed by atoms with E-state index in [9.17, 15) is 19.2 Å². The summed E-state index contributed by atoms with van der Waals surface area (Å²) in [5.74, 6) is -1.50. The first-order valence-corrected chi connectivity index (χ1v) is 16.9. The number of hydrogen-bond donors (Lipinski definition) is 1. The molecule has 12 heteroatoms. The van der Waals surface area contributed by atoms with Crippen LogP contribution in [0.4, 0.5) is 5.69 Å². The van der Waals surface area contributed by atoms with Crippen molar-refractivity contribution >= 4 is 40.1 Å². The Hall–Kier alpha value is -3.42. The van der Waals surface area contributed by atoms with E-state index in [-0.39, 0.29) is 23.6 Å². The van der Waals surface area contributed by atoms with E-state index < -0.39 is 0 Å². The average molecular weight is 633 g/mol. The van der Waals surface area contributed by atoms with Gasteiger partial charge in [-0.1, -0.05) is 0 Å². The van der Waals surface area contributed by atoms with Gasteiger partial charge < -0.3 is 19.7 Å². The third-order valence-corrected chi connectivity index (χ3v) is 10.0. The lowest BCUT2D eigenvalue weighted by Crippen LogP contribution is -2.45. The van der Waals surface area contributed by atoms with Crippen LogP contribution in [0.3, 0.4) is 0 Å². The minimum Gasteiger partial charge on any atom is -0.383 e. The van der Waals surface area contributed by atoms with Gasteiger partial charge in [-0.25, -0.2) is 0 Å². The molecule has 4 amide bonds. The second-order valence-corrected chi connectivity index (χ2v) is 12.9. The molecular formula is C34H44N6O6. The summed E-state index contributed by atoms with van der Waals surface area (Å²) in [4.78, 5) is 65.6. The minimum absolute atomic E-state index is 0.293. The summed E-state index contributed by atoms with van der Waals surface area (Å²) in [6.45, 7) is 11.8. The predicted octanol–water partition coefficient (Wildman–Crippen LogP) is 1.98. The van der Waals surface area contributed by atoms with Crippen molar-refractivity contribution in [3.63, 3.8) is 0 Å². The van der Waals surface area contributed by atoms with E-state index in [0.29, 0.717) is 97.6 Å². The molecule has 5 aliphatic heterocycles. The van der Waals surface area contributed by atoms with Crippen LogP contribution in [0, 0.1) is 0 Å². The Morgan fingerprint density at radius 1 is 0.565 bits per heavy atom. The molecule has 0 saturated carbocycles. The van der Waals surface area contributed by atoms with E-state index in [1.165, 1.54) is 22.6 Å². The van der Waals surface area contributed by atoms with Gasteiger partial charge in [-0.15, -0.1) is 0 Å². The Morgan fingerprint density at radius 2 is 1.07 bits per heavy atom. The molecule has 3 saturated heterocycles. The molecule has 1 N–H and O–H groups in total. The van der Waals surface area contributed by atoms with Crippen LogP contribution in [0.15, 0.2) is 18.2 Å². The standard InChI is InChI=1S/C34H44N6O6/c41-31-24-5-6-25-29-28(24)26(33(43)39(31)12-3-10-37-15-19-45-20-16-37)23-27(35-7-14-36-8-1-2-9-36)30(29)34(44)40(32(25)42)13-4-11-38-17-21-46-22-18-38/h5-6,23,35H,1-4,7-22H2. The second-order valence-electron chi connectivity index (χ2n) is 12.9. The Bertz CT molecular complexity index is 1510. The van der Waals surface area contributed by atoms with Crippen LogP contribution in [-0.4, -0.2) is 153 Å². The normalized spacial score (nSPS) is 21.2. The van der Waals surface area contributed by atoms with Gasteiger partial charge in [0.05, 0.1) is 37.6 Å². The topological polar surface area (TPSA) is 115 Å². The number of nitrogens with one attached hydrogen (secondary N) is 1. The fourth-order valence-corrected chi connectivity index (χ4v) is 7.52. The van der Waals surface area contributed by atoms with E-state index in [0.717, 1.165) is 58.9 Å². The molecule has 46 heavy (non-hydrogen) atoms. The number of carbonyl (C=O) groups is 4. The smallest absolute Gasteiger partial charge is 0.263 e. The quantitative estimate of drug-likeness (QED) is 0.349. The van der Waals surface area contributed by atoms with Crippen molar-refractivity contribution in [1.29, 1.82) is 0 Å². The highest BCUT2D eigenvalue weighted by Crippen LogP contribution is 2.41. The highest BCUT2D eigenvalue weighted by molar-refractivity contribution is 6.34. The first-order valence-electron chi connectivity index (χ1n) is 16.9. The van der Waals surface area contributed by atoms with Gasteiger partial charge in [-0.05, 0) is 57.0 Å². The van der Waals surface area contributed by atoms with E-state index in [1.54, 1.807) is 18.2 Å². The molecule has 246 valence electrons. The van der Waals surface area contributed by atoms with Crippen molar-refractivity contribution in [2.24, 2.45) is 0 Å². The third kappa shape index (κ3) is 6.04. The van der Waals surface area contributed by atoms with Crippen molar-refractivity contribution in [2.45, 2.75) is 25.7 Å². The Kier molecular flexibility index (Phi) is 9.32. The van der Waals surface area contributed by atoms with Gasteiger partial charge in [0.25, 0.3) is 23.6 Å². The summed E-state index contributed by atoms with van der Waals surface area (Å²) in [7, 11) is 0. The van der Waals surface area contributed by atoms with Gasteiger partial charge in [0, 0.05) is 93.0 Å². The van der Waals surface area contributed by atoms with Crippen LogP contribution < -0.4 is 5.32 Å². The van der Waals surface area contributed by atoms with Crippen LogP contribution in [0.25, 0.3) is 10.8 Å². The van der Waals surface area contributed by atoms with Gasteiger partial charge in [0.15, 0.2) is 0 Å². The highest BCUT2D eigenvalue weighted by Gasteiger charge is 2.41. The lowest BCUT2D eigenvalue weighted by Gasteiger charge is -2.34. The van der Waals surface area contributed by atoms with Gasteiger partial charge >= 0.3 is 0 Å². The largest absolute Gasteiger partial charge is 0.383 e. The fraction of sp³-hybridized carbons (Fsp3) is 0.588. The monoisotopic (exact) mass is 632 g/mol. The summed E-state index contributed by atoms with van der Waals surface area (Å²) in [5, 5.41) is 4.32. The lowest BCUT2D eigenvalue weighted by atomic mass is 9.84. The van der Waals surface area contributed by atoms with Crippen molar-refractivity contribution in [3.05, 3.63) is 40.5 Å². The summed E-state index contributed by atoms with van der Waals surface area (Å²) < 4.78 is 10.9. The summed E-state index contributed by atoms with van der Waals surface area (Å²) in [5.41, 5.74) is 2.03. The van der Waals surface area contributed by atoms with Crippen LogP contribution in [0.1, 0.15) is 67.1 Å². The molecule has 5 aliphatic rings. The first kappa shape index (κ1) is 31.2. The molecule has 2 aromatic rings. The second kappa shape index (κ2) is 13.7. The first-order chi connectivity index (χ1) is 22.5. The number of likely N-dealkylation sites (tertiary alicyclic amines) is 1. The Labute approximate surface area is 269 Å². The van der Waals surface area contributed by atoms with Crippen molar-refractivity contribution in [1.82, 2.24) is 24.5 Å². The zero-order valence-corrected chi connectivity index (χ0v) is 26.6. The van der Waals surface area contributed by atoms with Crippen LogP contribution in [0.5, 0.6) is 0 Å². The van der Waals surface area contributed by atoms with Crippen molar-refractivity contribution in [2.75, 3.05) is 110 Å². The van der Waals surface area contributed by atoms with Gasteiger partial charge in [0.2, 0.25) is 0 Å². The van der Waals surface area contributed by atoms with Crippen molar-refractivity contribution in [3.8, 4) is 0 Å². The molecule has 0 spiro atoms. The number of anilines is 1. The number of amides is 4. The van der Waals surface area contributed by atoms with Gasteiger partial charge in [0.1, 0.15) is 0 Å². The molecule has 2 aromatic carbocycles. The number of hydrogen-bond acceptors (Lipinski definition) is 10. The maximum absolute atomic E-state index is 14.2. The summed E-state index contributed by atoms with van der Waals surface area (Å²) in [6, 6.07) is 5.08. The summed E-state index contributed by atoms with van der Waals surface area (Å²) >= 11 is 0. The number of nitrogens with zero attached hydrogens (tertiary/aromatic N) is 5. The van der Waals surface area contributed by atoms with E-state index in [2.05, 4.69) is 20.0 Å².